The van der Waals surface area contributed by atoms with E-state index in [1.807, 2.05) is 0 Å². The zero-order valence-corrected chi connectivity index (χ0v) is 14.2. The molecule has 2 aliphatic heterocycles. The van der Waals surface area contributed by atoms with E-state index in [4.69, 9.17) is 0 Å². The zero-order valence-electron chi connectivity index (χ0n) is 14.2. The van der Waals surface area contributed by atoms with Gasteiger partial charge in [-0.25, -0.2) is 0 Å². The van der Waals surface area contributed by atoms with Gasteiger partial charge in [-0.3, -0.25) is 4.79 Å². The monoisotopic (exact) mass is 294 g/mol. The SMILES string of the molecule is CCCCC(CC)C(=O)N(CCC)C1CC2CCC(C1)N2. The first-order chi connectivity index (χ1) is 10.2. The van der Waals surface area contributed by atoms with Gasteiger partial charge in [-0.05, 0) is 44.9 Å². The van der Waals surface area contributed by atoms with Crippen LogP contribution in [-0.2, 0) is 4.79 Å². The maximum atomic E-state index is 13.0. The summed E-state index contributed by atoms with van der Waals surface area (Å²) in [6.07, 6.45) is 10.5. The fourth-order valence-electron chi connectivity index (χ4n) is 4.18. The van der Waals surface area contributed by atoms with Gasteiger partial charge >= 0.3 is 0 Å². The number of hydrogen-bond donors (Lipinski definition) is 1. The molecule has 1 amide bonds. The van der Waals surface area contributed by atoms with Crippen LogP contribution in [0.15, 0.2) is 0 Å². The first-order valence-corrected chi connectivity index (χ1v) is 9.26. The average Bonchev–Trinajstić information content (AvgIpc) is 2.83. The highest BCUT2D eigenvalue weighted by atomic mass is 16.2. The van der Waals surface area contributed by atoms with Crippen LogP contribution in [0.1, 0.15) is 78.6 Å². The minimum atomic E-state index is 0.254. The van der Waals surface area contributed by atoms with Gasteiger partial charge in [0.05, 0.1) is 0 Å². The Morgan fingerprint density at radius 3 is 2.33 bits per heavy atom. The molecule has 2 aliphatic rings. The summed E-state index contributed by atoms with van der Waals surface area (Å²) in [6.45, 7) is 7.54. The van der Waals surface area contributed by atoms with E-state index in [9.17, 15) is 4.79 Å². The second kappa shape index (κ2) is 8.17. The van der Waals surface area contributed by atoms with Crippen molar-refractivity contribution in [3.63, 3.8) is 0 Å². The molecule has 0 radical (unpaired) electrons. The molecule has 3 heteroatoms. The van der Waals surface area contributed by atoms with Gasteiger partial charge in [-0.15, -0.1) is 0 Å². The molecule has 1 N–H and O–H groups in total. The van der Waals surface area contributed by atoms with E-state index in [0.717, 1.165) is 25.8 Å². The van der Waals surface area contributed by atoms with Gasteiger partial charge in [0.1, 0.15) is 0 Å². The third kappa shape index (κ3) is 4.21. The highest BCUT2D eigenvalue weighted by Crippen LogP contribution is 2.31. The maximum absolute atomic E-state index is 13.0. The number of carbonyl (C=O) groups is 1. The summed E-state index contributed by atoms with van der Waals surface area (Å²) >= 11 is 0. The molecule has 2 bridgehead atoms. The summed E-state index contributed by atoms with van der Waals surface area (Å²) < 4.78 is 0. The molecule has 0 aromatic rings. The summed E-state index contributed by atoms with van der Waals surface area (Å²) in [5.41, 5.74) is 0. The van der Waals surface area contributed by atoms with Crippen LogP contribution in [0.25, 0.3) is 0 Å². The van der Waals surface area contributed by atoms with Gasteiger partial charge in [0.2, 0.25) is 5.91 Å². The number of nitrogens with zero attached hydrogens (tertiary/aromatic N) is 1. The average molecular weight is 294 g/mol. The summed E-state index contributed by atoms with van der Waals surface area (Å²) in [7, 11) is 0. The van der Waals surface area contributed by atoms with Crippen molar-refractivity contribution in [3.8, 4) is 0 Å². The van der Waals surface area contributed by atoms with Crippen LogP contribution in [0.3, 0.4) is 0 Å². The maximum Gasteiger partial charge on any atom is 0.225 e. The molecular weight excluding hydrogens is 260 g/mol. The molecule has 2 saturated heterocycles. The van der Waals surface area contributed by atoms with Gasteiger partial charge in [0, 0.05) is 30.6 Å². The molecule has 0 spiro atoms. The summed E-state index contributed by atoms with van der Waals surface area (Å²) in [6, 6.07) is 1.82. The van der Waals surface area contributed by atoms with Crippen molar-refractivity contribution in [2.24, 2.45) is 5.92 Å². The number of rotatable bonds is 8. The van der Waals surface area contributed by atoms with Crippen LogP contribution >= 0.6 is 0 Å². The minimum absolute atomic E-state index is 0.254. The quantitative estimate of drug-likeness (QED) is 0.740. The first-order valence-electron chi connectivity index (χ1n) is 9.26. The van der Waals surface area contributed by atoms with Crippen LogP contribution in [-0.4, -0.2) is 35.5 Å². The Labute approximate surface area is 130 Å². The van der Waals surface area contributed by atoms with Gasteiger partial charge in [0.15, 0.2) is 0 Å². The minimum Gasteiger partial charge on any atom is -0.339 e. The molecule has 2 rings (SSSR count). The Bertz CT molecular complexity index is 319. The molecular formula is C18H34N2O. The number of carbonyl (C=O) groups excluding carboxylic acids is 1. The van der Waals surface area contributed by atoms with Crippen LogP contribution in [0.5, 0.6) is 0 Å². The van der Waals surface area contributed by atoms with E-state index in [2.05, 4.69) is 31.0 Å². The van der Waals surface area contributed by atoms with Gasteiger partial charge in [0.25, 0.3) is 0 Å². The Balaban J connectivity index is 2.01. The van der Waals surface area contributed by atoms with Crippen molar-refractivity contribution >= 4 is 5.91 Å². The zero-order chi connectivity index (χ0) is 15.2. The largest absolute Gasteiger partial charge is 0.339 e. The topological polar surface area (TPSA) is 32.3 Å². The van der Waals surface area contributed by atoms with Crippen molar-refractivity contribution in [3.05, 3.63) is 0 Å². The van der Waals surface area contributed by atoms with E-state index in [1.54, 1.807) is 0 Å². The summed E-state index contributed by atoms with van der Waals surface area (Å²) in [5.74, 6) is 0.697. The normalized spacial score (nSPS) is 29.4. The van der Waals surface area contributed by atoms with Gasteiger partial charge < -0.3 is 10.2 Å². The van der Waals surface area contributed by atoms with Crippen LogP contribution in [0.2, 0.25) is 0 Å². The number of hydrogen-bond acceptors (Lipinski definition) is 2. The fourth-order valence-corrected chi connectivity index (χ4v) is 4.18. The molecule has 3 nitrogen and oxygen atoms in total. The van der Waals surface area contributed by atoms with Gasteiger partial charge in [-0.1, -0.05) is 33.6 Å². The van der Waals surface area contributed by atoms with Crippen molar-refractivity contribution < 1.29 is 4.79 Å². The lowest BCUT2D eigenvalue weighted by Gasteiger charge is -2.39. The number of amides is 1. The highest BCUT2D eigenvalue weighted by Gasteiger charge is 2.38. The fraction of sp³-hybridized carbons (Fsp3) is 0.944. The third-order valence-corrected chi connectivity index (χ3v) is 5.38. The number of piperidine rings is 1. The van der Waals surface area contributed by atoms with Gasteiger partial charge in [-0.2, -0.15) is 0 Å². The number of unbranched alkanes of at least 4 members (excludes halogenated alkanes) is 1. The van der Waals surface area contributed by atoms with E-state index in [1.165, 1.54) is 38.5 Å². The highest BCUT2D eigenvalue weighted by molar-refractivity contribution is 5.79. The van der Waals surface area contributed by atoms with Crippen molar-refractivity contribution in [2.75, 3.05) is 6.54 Å². The molecule has 21 heavy (non-hydrogen) atoms. The molecule has 0 aromatic heterocycles. The van der Waals surface area contributed by atoms with E-state index >= 15 is 0 Å². The predicted octanol–water partition coefficient (Wildman–Crippen LogP) is 3.72. The van der Waals surface area contributed by atoms with Crippen molar-refractivity contribution in [1.29, 1.82) is 0 Å². The van der Waals surface area contributed by atoms with E-state index < -0.39 is 0 Å². The molecule has 0 aromatic carbocycles. The second-order valence-electron chi connectivity index (χ2n) is 7.04. The molecule has 0 saturated carbocycles. The molecule has 2 fully saturated rings. The summed E-state index contributed by atoms with van der Waals surface area (Å²) in [5, 5.41) is 3.70. The standard InChI is InChI=1S/C18H34N2O/c1-4-7-8-14(6-3)18(21)20(11-5-2)17-12-15-9-10-16(13-17)19-15/h14-17,19H,4-13H2,1-3H3. The predicted molar refractivity (Wildman–Crippen MR) is 88.3 cm³/mol. The van der Waals surface area contributed by atoms with E-state index in [-0.39, 0.29) is 5.92 Å². The number of nitrogens with one attached hydrogen (secondary N) is 1. The first kappa shape index (κ1) is 16.8. The Kier molecular flexibility index (Phi) is 6.53. The van der Waals surface area contributed by atoms with Crippen LogP contribution in [0, 0.1) is 5.92 Å². The Morgan fingerprint density at radius 1 is 1.14 bits per heavy atom. The van der Waals surface area contributed by atoms with Crippen molar-refractivity contribution in [2.45, 2.75) is 96.7 Å². The smallest absolute Gasteiger partial charge is 0.225 e. The molecule has 3 unspecified atom stereocenters. The van der Waals surface area contributed by atoms with E-state index in [0.29, 0.717) is 24.0 Å². The number of fused-ring (bicyclic) bond motifs is 2. The summed E-state index contributed by atoms with van der Waals surface area (Å²) in [4.78, 5) is 15.3. The lowest BCUT2D eigenvalue weighted by molar-refractivity contribution is -0.139. The molecule has 0 aliphatic carbocycles. The van der Waals surface area contributed by atoms with Crippen LogP contribution in [0.4, 0.5) is 0 Å². The van der Waals surface area contributed by atoms with Crippen LogP contribution < -0.4 is 5.32 Å². The lowest BCUT2D eigenvalue weighted by Crippen LogP contribution is -2.51. The second-order valence-corrected chi connectivity index (χ2v) is 7.04. The third-order valence-electron chi connectivity index (χ3n) is 5.38. The molecule has 2 heterocycles. The lowest BCUT2D eigenvalue weighted by atomic mass is 9.93. The molecule has 3 atom stereocenters. The Morgan fingerprint density at radius 2 is 1.81 bits per heavy atom. The van der Waals surface area contributed by atoms with Crippen molar-refractivity contribution in [1.82, 2.24) is 10.2 Å². The Hall–Kier alpha value is -0.570. The molecule has 122 valence electrons.